The fourth-order valence-corrected chi connectivity index (χ4v) is 7.95. The van der Waals surface area contributed by atoms with Gasteiger partial charge in [-0.05, 0) is 37.5 Å². The minimum absolute atomic E-state index is 0.0418. The number of nitrogens with zero attached hydrogens (tertiary/aromatic N) is 3. The number of anilines is 1. The Labute approximate surface area is 304 Å². The number of benzene rings is 2. The quantitative estimate of drug-likeness (QED) is 0.0486. The number of carbonyl (C=O) groups excluding carboxylic acids is 5. The summed E-state index contributed by atoms with van der Waals surface area (Å²) in [6, 6.07) is 17.7. The zero-order valence-corrected chi connectivity index (χ0v) is 30.4. The SMILES string of the molecule is CC(C)(C)OC(=O)CO/N=C(\C(=O)NC1C(=O)N2C(C(=O)OC(c3ccccc3)c3ccccc3)=C(CI)CS[C@H]12)c1csc(NC=O)n1. The summed E-state index contributed by atoms with van der Waals surface area (Å²) in [7, 11) is 0. The Morgan fingerprint density at radius 3 is 2.35 bits per heavy atom. The number of β-lactam (4-membered cyclic amide) rings is 1. The van der Waals surface area contributed by atoms with Crippen LogP contribution in [0, 0.1) is 0 Å². The minimum Gasteiger partial charge on any atom is -0.457 e. The smallest absolute Gasteiger partial charge is 0.356 e. The molecule has 16 heteroatoms. The maximum Gasteiger partial charge on any atom is 0.356 e. The van der Waals surface area contributed by atoms with Gasteiger partial charge in [0, 0.05) is 15.6 Å². The Hall–Kier alpha value is -4.29. The second-order valence-electron chi connectivity index (χ2n) is 11.7. The van der Waals surface area contributed by atoms with Crippen molar-refractivity contribution in [2.75, 3.05) is 22.1 Å². The zero-order chi connectivity index (χ0) is 35.1. The summed E-state index contributed by atoms with van der Waals surface area (Å²) in [6.07, 6.45) is -0.281. The van der Waals surface area contributed by atoms with E-state index in [1.807, 2.05) is 60.7 Å². The number of aromatic nitrogens is 1. The number of carbonyl (C=O) groups is 5. The summed E-state index contributed by atoms with van der Waals surface area (Å²) in [6.45, 7) is 4.50. The minimum atomic E-state index is -1.02. The van der Waals surface area contributed by atoms with E-state index in [0.29, 0.717) is 16.6 Å². The molecular formula is C33H32IN5O8S2. The van der Waals surface area contributed by atoms with Gasteiger partial charge in [-0.15, -0.1) is 23.1 Å². The lowest BCUT2D eigenvalue weighted by atomic mass is 10.0. The maximum absolute atomic E-state index is 13.9. The molecule has 3 aromatic rings. The van der Waals surface area contributed by atoms with Gasteiger partial charge < -0.3 is 24.9 Å². The summed E-state index contributed by atoms with van der Waals surface area (Å²) in [5.41, 5.74) is 1.39. The molecule has 2 aliphatic rings. The number of esters is 2. The Morgan fingerprint density at radius 1 is 1.10 bits per heavy atom. The summed E-state index contributed by atoms with van der Waals surface area (Å²) >= 11 is 4.59. The van der Waals surface area contributed by atoms with Gasteiger partial charge in [0.25, 0.3) is 11.8 Å². The van der Waals surface area contributed by atoms with E-state index in [1.165, 1.54) is 22.0 Å². The van der Waals surface area contributed by atoms with Crippen molar-refractivity contribution in [3.8, 4) is 0 Å². The monoisotopic (exact) mass is 817 g/mol. The number of hydrogen-bond donors (Lipinski definition) is 2. The van der Waals surface area contributed by atoms with E-state index >= 15 is 0 Å². The topological polar surface area (TPSA) is 166 Å². The van der Waals surface area contributed by atoms with Gasteiger partial charge in [0.2, 0.25) is 13.0 Å². The van der Waals surface area contributed by atoms with Crippen LogP contribution in [0.2, 0.25) is 0 Å². The van der Waals surface area contributed by atoms with E-state index < -0.39 is 53.5 Å². The fourth-order valence-electron chi connectivity index (χ4n) is 4.96. The summed E-state index contributed by atoms with van der Waals surface area (Å²) < 4.78 is 11.8. The molecule has 3 amide bonds. The molecule has 49 heavy (non-hydrogen) atoms. The molecule has 1 aromatic heterocycles. The van der Waals surface area contributed by atoms with Crippen LogP contribution in [-0.2, 0) is 38.3 Å². The molecule has 2 aliphatic heterocycles. The molecular weight excluding hydrogens is 785 g/mol. The third-order valence-electron chi connectivity index (χ3n) is 7.02. The molecule has 2 atom stereocenters. The Kier molecular flexibility index (Phi) is 11.7. The number of halogens is 1. The molecule has 0 spiro atoms. The molecule has 2 aromatic carbocycles. The molecule has 0 aliphatic carbocycles. The van der Waals surface area contributed by atoms with Crippen LogP contribution in [0.25, 0.3) is 0 Å². The van der Waals surface area contributed by atoms with Crippen molar-refractivity contribution in [2.45, 2.75) is 43.9 Å². The molecule has 256 valence electrons. The predicted molar refractivity (Wildman–Crippen MR) is 192 cm³/mol. The summed E-state index contributed by atoms with van der Waals surface area (Å²) in [5.74, 6) is -2.25. The third kappa shape index (κ3) is 8.66. The van der Waals surface area contributed by atoms with Gasteiger partial charge in [-0.2, -0.15) is 0 Å². The average molecular weight is 818 g/mol. The van der Waals surface area contributed by atoms with E-state index in [4.69, 9.17) is 14.3 Å². The summed E-state index contributed by atoms with van der Waals surface area (Å²) in [4.78, 5) is 75.0. The molecule has 2 N–H and O–H groups in total. The second kappa shape index (κ2) is 15.9. The van der Waals surface area contributed by atoms with Crippen LogP contribution in [0.3, 0.4) is 0 Å². The van der Waals surface area contributed by atoms with Crippen molar-refractivity contribution in [1.82, 2.24) is 15.2 Å². The number of fused-ring (bicyclic) bond motifs is 1. The fraction of sp³-hybridized carbons (Fsp3) is 0.303. The van der Waals surface area contributed by atoms with E-state index in [2.05, 4.69) is 43.4 Å². The van der Waals surface area contributed by atoms with Gasteiger partial charge in [0.15, 0.2) is 16.9 Å². The molecule has 0 radical (unpaired) electrons. The van der Waals surface area contributed by atoms with Crippen LogP contribution in [0.5, 0.6) is 0 Å². The highest BCUT2D eigenvalue weighted by Crippen LogP contribution is 2.42. The summed E-state index contributed by atoms with van der Waals surface area (Å²) in [5, 5.41) is 9.98. The second-order valence-corrected chi connectivity index (χ2v) is 14.4. The van der Waals surface area contributed by atoms with Gasteiger partial charge in [0.05, 0.1) is 0 Å². The van der Waals surface area contributed by atoms with Crippen molar-refractivity contribution in [3.63, 3.8) is 0 Å². The van der Waals surface area contributed by atoms with Gasteiger partial charge in [-0.3, -0.25) is 19.3 Å². The molecule has 1 fully saturated rings. The van der Waals surface area contributed by atoms with Crippen LogP contribution in [-0.4, -0.2) is 79.6 Å². The normalized spacial score (nSPS) is 17.5. The van der Waals surface area contributed by atoms with Gasteiger partial charge in [-0.25, -0.2) is 14.6 Å². The van der Waals surface area contributed by atoms with Crippen LogP contribution in [0.1, 0.15) is 43.7 Å². The number of rotatable bonds is 13. The average Bonchev–Trinajstić information content (AvgIpc) is 3.55. The highest BCUT2D eigenvalue weighted by atomic mass is 127. The first-order valence-corrected chi connectivity index (χ1v) is 18.4. The number of nitrogens with one attached hydrogen (secondary N) is 2. The first-order chi connectivity index (χ1) is 23.5. The number of thioether (sulfide) groups is 1. The first kappa shape index (κ1) is 36.0. The van der Waals surface area contributed by atoms with Crippen LogP contribution >= 0.6 is 45.7 Å². The number of thiazole rings is 1. The Bertz CT molecular complexity index is 1740. The number of ether oxygens (including phenoxy) is 2. The van der Waals surface area contributed by atoms with E-state index in [-0.39, 0.29) is 22.2 Å². The largest absolute Gasteiger partial charge is 0.457 e. The van der Waals surface area contributed by atoms with Crippen molar-refractivity contribution in [1.29, 1.82) is 0 Å². The van der Waals surface area contributed by atoms with Crippen molar-refractivity contribution in [2.24, 2.45) is 5.16 Å². The molecule has 0 bridgehead atoms. The number of hydrogen-bond acceptors (Lipinski definition) is 12. The van der Waals surface area contributed by atoms with E-state index in [9.17, 15) is 24.0 Å². The maximum atomic E-state index is 13.9. The van der Waals surface area contributed by atoms with Crippen molar-refractivity contribution < 1.29 is 38.3 Å². The standard InChI is InChI=1S/C33H32IN5O8S2/c1-33(2,3)47-23(41)15-45-38-24(22-17-49-32(36-22)35-18-40)28(42)37-25-29(43)39-26(21(14-34)16-48-30(25)39)31(44)46-27(19-10-6-4-7-11-19)20-12-8-5-9-13-20/h4-13,17-18,25,27,30H,14-16H2,1-3H3,(H,37,42)(H,35,36,40)/b38-24-/t25?,30-/m1/s1. The number of oxime groups is 1. The molecule has 1 unspecified atom stereocenters. The molecule has 5 rings (SSSR count). The van der Waals surface area contributed by atoms with Crippen molar-refractivity contribution >= 4 is 86.7 Å². The van der Waals surface area contributed by atoms with Crippen LogP contribution < -0.4 is 10.6 Å². The van der Waals surface area contributed by atoms with Crippen LogP contribution in [0.4, 0.5) is 5.13 Å². The van der Waals surface area contributed by atoms with E-state index in [0.717, 1.165) is 28.0 Å². The lowest BCUT2D eigenvalue weighted by molar-refractivity contribution is -0.160. The highest BCUT2D eigenvalue weighted by molar-refractivity contribution is 14.1. The predicted octanol–water partition coefficient (Wildman–Crippen LogP) is 4.20. The van der Waals surface area contributed by atoms with Crippen molar-refractivity contribution in [3.05, 3.63) is 94.1 Å². The number of amides is 3. The molecule has 3 heterocycles. The van der Waals surface area contributed by atoms with E-state index in [1.54, 1.807) is 20.8 Å². The Morgan fingerprint density at radius 2 is 1.76 bits per heavy atom. The van der Waals surface area contributed by atoms with Crippen LogP contribution in [0.15, 0.2) is 82.5 Å². The Balaban J connectivity index is 1.34. The lowest BCUT2D eigenvalue weighted by Gasteiger charge is -2.49. The van der Waals surface area contributed by atoms with Gasteiger partial charge in [-0.1, -0.05) is 88.4 Å². The zero-order valence-electron chi connectivity index (χ0n) is 26.6. The molecule has 1 saturated heterocycles. The highest BCUT2D eigenvalue weighted by Gasteiger charge is 2.55. The first-order valence-electron chi connectivity index (χ1n) is 14.9. The third-order valence-corrected chi connectivity index (χ3v) is 10.1. The molecule has 0 saturated carbocycles. The lowest BCUT2D eigenvalue weighted by Crippen LogP contribution is -2.71. The van der Waals surface area contributed by atoms with Gasteiger partial charge >= 0.3 is 11.9 Å². The van der Waals surface area contributed by atoms with Gasteiger partial charge in [0.1, 0.15) is 28.4 Å². The number of alkyl halides is 1. The molecule has 13 nitrogen and oxygen atoms in total.